The SMILES string of the molecule is CCNc1c(CN(C)CC(C)C)cccc1[N+](=O)[O-]. The molecule has 106 valence electrons. The molecule has 0 bridgehead atoms. The molecule has 5 nitrogen and oxygen atoms in total. The van der Waals surface area contributed by atoms with Crippen LogP contribution in [0.3, 0.4) is 0 Å². The second-order valence-corrected chi connectivity index (χ2v) is 5.19. The topological polar surface area (TPSA) is 58.4 Å². The van der Waals surface area contributed by atoms with Gasteiger partial charge in [0.05, 0.1) is 4.92 Å². The zero-order chi connectivity index (χ0) is 14.4. The van der Waals surface area contributed by atoms with Crippen molar-refractivity contribution < 1.29 is 4.92 Å². The van der Waals surface area contributed by atoms with Crippen LogP contribution in [0.1, 0.15) is 26.3 Å². The van der Waals surface area contributed by atoms with Crippen LogP contribution in [0.25, 0.3) is 0 Å². The molecule has 0 aliphatic rings. The van der Waals surface area contributed by atoms with Gasteiger partial charge in [0.25, 0.3) is 5.69 Å². The van der Waals surface area contributed by atoms with Gasteiger partial charge in [-0.05, 0) is 25.5 Å². The maximum atomic E-state index is 11.1. The van der Waals surface area contributed by atoms with Crippen molar-refractivity contribution in [3.63, 3.8) is 0 Å². The monoisotopic (exact) mass is 265 g/mol. The zero-order valence-electron chi connectivity index (χ0n) is 12.1. The van der Waals surface area contributed by atoms with Crippen molar-refractivity contribution in [1.82, 2.24) is 4.90 Å². The van der Waals surface area contributed by atoms with Crippen LogP contribution < -0.4 is 5.32 Å². The molecule has 0 atom stereocenters. The van der Waals surface area contributed by atoms with Gasteiger partial charge in [-0.1, -0.05) is 26.0 Å². The Labute approximate surface area is 114 Å². The number of nitro benzene ring substituents is 1. The number of anilines is 1. The van der Waals surface area contributed by atoms with E-state index >= 15 is 0 Å². The molecule has 0 saturated carbocycles. The number of para-hydroxylation sites is 1. The molecule has 1 N–H and O–H groups in total. The molecule has 0 aromatic heterocycles. The first-order chi connectivity index (χ1) is 8.95. The molecule has 0 saturated heterocycles. The molecule has 1 aromatic rings. The molecule has 0 aliphatic carbocycles. The predicted octanol–water partition coefficient (Wildman–Crippen LogP) is 3.11. The van der Waals surface area contributed by atoms with Gasteiger partial charge in [0, 0.05) is 25.7 Å². The fraction of sp³-hybridized carbons (Fsp3) is 0.571. The van der Waals surface area contributed by atoms with Crippen LogP contribution in [0.15, 0.2) is 18.2 Å². The lowest BCUT2D eigenvalue weighted by Crippen LogP contribution is -2.23. The molecule has 0 fully saturated rings. The fourth-order valence-electron chi connectivity index (χ4n) is 2.23. The average Bonchev–Trinajstić information content (AvgIpc) is 2.30. The Balaban J connectivity index is 2.99. The third-order valence-electron chi connectivity index (χ3n) is 2.80. The van der Waals surface area contributed by atoms with Crippen LogP contribution in [0, 0.1) is 16.0 Å². The minimum Gasteiger partial charge on any atom is -0.380 e. The van der Waals surface area contributed by atoms with Gasteiger partial charge >= 0.3 is 0 Å². The molecule has 0 spiro atoms. The Bertz CT molecular complexity index is 433. The van der Waals surface area contributed by atoms with Crippen molar-refractivity contribution >= 4 is 11.4 Å². The molecular formula is C14H23N3O2. The lowest BCUT2D eigenvalue weighted by molar-refractivity contribution is -0.384. The third kappa shape index (κ3) is 4.52. The third-order valence-corrected chi connectivity index (χ3v) is 2.80. The number of rotatable bonds is 7. The maximum Gasteiger partial charge on any atom is 0.292 e. The number of nitro groups is 1. The quantitative estimate of drug-likeness (QED) is 0.608. The lowest BCUT2D eigenvalue weighted by atomic mass is 10.1. The molecule has 0 aliphatic heterocycles. The molecule has 0 radical (unpaired) electrons. The van der Waals surface area contributed by atoms with Gasteiger partial charge in [-0.2, -0.15) is 0 Å². The Morgan fingerprint density at radius 2 is 2.11 bits per heavy atom. The summed E-state index contributed by atoms with van der Waals surface area (Å²) in [4.78, 5) is 12.9. The van der Waals surface area contributed by atoms with Crippen LogP contribution in [-0.2, 0) is 6.54 Å². The Hall–Kier alpha value is -1.62. The van der Waals surface area contributed by atoms with Crippen molar-refractivity contribution in [2.24, 2.45) is 5.92 Å². The highest BCUT2D eigenvalue weighted by Gasteiger charge is 2.17. The van der Waals surface area contributed by atoms with Crippen LogP contribution >= 0.6 is 0 Å². The second-order valence-electron chi connectivity index (χ2n) is 5.19. The summed E-state index contributed by atoms with van der Waals surface area (Å²) in [6.07, 6.45) is 0. The maximum absolute atomic E-state index is 11.1. The van der Waals surface area contributed by atoms with Crippen molar-refractivity contribution in [2.75, 3.05) is 25.5 Å². The van der Waals surface area contributed by atoms with Gasteiger partial charge in [0.1, 0.15) is 5.69 Å². The van der Waals surface area contributed by atoms with Gasteiger partial charge in [0.2, 0.25) is 0 Å². The van der Waals surface area contributed by atoms with Crippen LogP contribution in [-0.4, -0.2) is 30.0 Å². The number of hydrogen-bond donors (Lipinski definition) is 1. The van der Waals surface area contributed by atoms with Crippen molar-refractivity contribution in [1.29, 1.82) is 0 Å². The largest absolute Gasteiger partial charge is 0.380 e. The van der Waals surface area contributed by atoms with E-state index in [1.54, 1.807) is 12.1 Å². The molecule has 1 rings (SSSR count). The molecule has 0 unspecified atom stereocenters. The lowest BCUT2D eigenvalue weighted by Gasteiger charge is -2.20. The summed E-state index contributed by atoms with van der Waals surface area (Å²) < 4.78 is 0. The van der Waals surface area contributed by atoms with E-state index in [9.17, 15) is 10.1 Å². The van der Waals surface area contributed by atoms with Gasteiger partial charge in [-0.15, -0.1) is 0 Å². The minimum absolute atomic E-state index is 0.150. The number of hydrogen-bond acceptors (Lipinski definition) is 4. The number of benzene rings is 1. The van der Waals surface area contributed by atoms with E-state index in [0.29, 0.717) is 24.7 Å². The predicted molar refractivity (Wildman–Crippen MR) is 78.4 cm³/mol. The Kier molecular flexibility index (Phi) is 5.76. The standard InChI is InChI=1S/C14H23N3O2/c1-5-15-14-12(10-16(4)9-11(2)3)7-6-8-13(14)17(18)19/h6-8,11,15H,5,9-10H2,1-4H3. The smallest absolute Gasteiger partial charge is 0.292 e. The highest BCUT2D eigenvalue weighted by Crippen LogP contribution is 2.29. The van der Waals surface area contributed by atoms with E-state index in [-0.39, 0.29) is 10.6 Å². The second kappa shape index (κ2) is 7.09. The first-order valence-corrected chi connectivity index (χ1v) is 6.64. The molecular weight excluding hydrogens is 242 g/mol. The highest BCUT2D eigenvalue weighted by molar-refractivity contribution is 5.66. The first kappa shape index (κ1) is 15.4. The molecule has 1 aromatic carbocycles. The summed E-state index contributed by atoms with van der Waals surface area (Å²) >= 11 is 0. The summed E-state index contributed by atoms with van der Waals surface area (Å²) in [5.41, 5.74) is 1.77. The van der Waals surface area contributed by atoms with E-state index in [1.165, 1.54) is 0 Å². The van der Waals surface area contributed by atoms with Gasteiger partial charge < -0.3 is 10.2 Å². The van der Waals surface area contributed by atoms with Gasteiger partial charge in [-0.25, -0.2) is 0 Å². The Morgan fingerprint density at radius 1 is 1.42 bits per heavy atom. The normalized spacial score (nSPS) is 11.1. The number of nitrogens with zero attached hydrogens (tertiary/aromatic N) is 2. The zero-order valence-corrected chi connectivity index (χ0v) is 12.1. The van der Waals surface area contributed by atoms with E-state index in [4.69, 9.17) is 0 Å². The summed E-state index contributed by atoms with van der Waals surface area (Å²) in [7, 11) is 2.04. The van der Waals surface area contributed by atoms with Crippen LogP contribution in [0.5, 0.6) is 0 Å². The Morgan fingerprint density at radius 3 is 2.63 bits per heavy atom. The summed E-state index contributed by atoms with van der Waals surface area (Å²) in [5, 5.41) is 14.2. The van der Waals surface area contributed by atoms with Crippen LogP contribution in [0.4, 0.5) is 11.4 Å². The molecule has 0 heterocycles. The molecule has 5 heteroatoms. The van der Waals surface area contributed by atoms with Crippen molar-refractivity contribution in [2.45, 2.75) is 27.3 Å². The first-order valence-electron chi connectivity index (χ1n) is 6.64. The summed E-state index contributed by atoms with van der Waals surface area (Å²) in [6.45, 7) is 8.62. The van der Waals surface area contributed by atoms with Gasteiger partial charge in [0.15, 0.2) is 0 Å². The summed E-state index contributed by atoms with van der Waals surface area (Å²) in [5.74, 6) is 0.575. The van der Waals surface area contributed by atoms with E-state index in [2.05, 4.69) is 24.1 Å². The highest BCUT2D eigenvalue weighted by atomic mass is 16.6. The number of nitrogens with one attached hydrogen (secondary N) is 1. The fourth-order valence-corrected chi connectivity index (χ4v) is 2.23. The van der Waals surface area contributed by atoms with Crippen molar-refractivity contribution in [3.05, 3.63) is 33.9 Å². The van der Waals surface area contributed by atoms with Crippen molar-refractivity contribution in [3.8, 4) is 0 Å². The van der Waals surface area contributed by atoms with Crippen LogP contribution in [0.2, 0.25) is 0 Å². The molecule has 0 amide bonds. The van der Waals surface area contributed by atoms with Gasteiger partial charge in [-0.3, -0.25) is 10.1 Å². The molecule has 19 heavy (non-hydrogen) atoms. The summed E-state index contributed by atoms with van der Waals surface area (Å²) in [6, 6.07) is 5.24. The average molecular weight is 265 g/mol. The van der Waals surface area contributed by atoms with E-state index in [1.807, 2.05) is 20.0 Å². The minimum atomic E-state index is -0.329. The van der Waals surface area contributed by atoms with E-state index in [0.717, 1.165) is 12.1 Å². The van der Waals surface area contributed by atoms with E-state index < -0.39 is 0 Å².